The molecule has 0 aliphatic carbocycles. The van der Waals surface area contributed by atoms with Crippen molar-refractivity contribution in [2.75, 3.05) is 18.1 Å². The molecule has 1 aromatic heterocycles. The number of carbonyl (C=O) groups is 1. The van der Waals surface area contributed by atoms with Crippen LogP contribution in [0.1, 0.15) is 30.0 Å². The van der Waals surface area contributed by atoms with Crippen molar-refractivity contribution in [3.8, 4) is 0 Å². The lowest BCUT2D eigenvalue weighted by atomic mass is 10.2. The van der Waals surface area contributed by atoms with Gasteiger partial charge in [0, 0.05) is 18.5 Å². The van der Waals surface area contributed by atoms with Gasteiger partial charge in [0.25, 0.3) is 0 Å². The maximum atomic E-state index is 11.5. The Morgan fingerprint density at radius 2 is 2.00 bits per heavy atom. The van der Waals surface area contributed by atoms with Gasteiger partial charge in [-0.25, -0.2) is 23.2 Å². The van der Waals surface area contributed by atoms with E-state index in [1.54, 1.807) is 20.8 Å². The van der Waals surface area contributed by atoms with E-state index in [-0.39, 0.29) is 18.2 Å². The van der Waals surface area contributed by atoms with Crippen LogP contribution in [0.25, 0.3) is 0 Å². The molecule has 1 aromatic rings. The Bertz CT molecular complexity index is 596. The van der Waals surface area contributed by atoms with Crippen molar-refractivity contribution >= 4 is 21.8 Å². The number of nitrogens with zero attached hydrogens (tertiary/aromatic N) is 2. The van der Waals surface area contributed by atoms with E-state index in [0.717, 1.165) is 6.26 Å². The first-order chi connectivity index (χ1) is 8.53. The molecule has 2 N–H and O–H groups in total. The normalized spacial score (nSPS) is 12.2. The largest absolute Gasteiger partial charge is 0.477 e. The summed E-state index contributed by atoms with van der Waals surface area (Å²) in [5, 5.41) is 11.6. The summed E-state index contributed by atoms with van der Waals surface area (Å²) < 4.78 is 22.1. The molecule has 0 aliphatic rings. The first-order valence-electron chi connectivity index (χ1n) is 5.55. The first-order valence-corrected chi connectivity index (χ1v) is 7.44. The van der Waals surface area contributed by atoms with Crippen LogP contribution in [-0.4, -0.2) is 47.0 Å². The average Bonchev–Trinajstić information content (AvgIpc) is 2.24. The maximum absolute atomic E-state index is 11.5. The fourth-order valence-electron chi connectivity index (χ4n) is 1.18. The second-order valence-electron chi connectivity index (χ2n) is 4.91. The summed E-state index contributed by atoms with van der Waals surface area (Å²) in [6.45, 7) is 4.88. The van der Waals surface area contributed by atoms with Gasteiger partial charge >= 0.3 is 5.97 Å². The zero-order valence-electron chi connectivity index (χ0n) is 11.3. The molecular weight excluding hydrogens is 270 g/mol. The molecule has 0 unspecified atom stereocenters. The van der Waals surface area contributed by atoms with Crippen LogP contribution in [0.5, 0.6) is 0 Å². The summed E-state index contributed by atoms with van der Waals surface area (Å²) in [6, 6.07) is 1.34. The Balaban J connectivity index is 2.93. The average molecular weight is 287 g/mol. The van der Waals surface area contributed by atoms with Crippen molar-refractivity contribution in [3.63, 3.8) is 0 Å². The summed E-state index contributed by atoms with van der Waals surface area (Å²) in [5.74, 6) is -1.05. The first kappa shape index (κ1) is 15.4. The summed E-state index contributed by atoms with van der Waals surface area (Å²) in [7, 11) is -3.24. The second-order valence-corrected chi connectivity index (χ2v) is 7.56. The van der Waals surface area contributed by atoms with Gasteiger partial charge in [0.15, 0.2) is 15.5 Å². The van der Waals surface area contributed by atoms with Crippen LogP contribution in [0.3, 0.4) is 0 Å². The zero-order valence-corrected chi connectivity index (χ0v) is 12.1. The van der Waals surface area contributed by atoms with Gasteiger partial charge < -0.3 is 10.4 Å². The number of aromatic carboxylic acids is 1. The van der Waals surface area contributed by atoms with Crippen molar-refractivity contribution in [1.82, 2.24) is 9.97 Å². The predicted molar refractivity (Wildman–Crippen MR) is 71.1 cm³/mol. The molecule has 7 nitrogen and oxygen atoms in total. The Hall–Kier alpha value is -1.70. The highest BCUT2D eigenvalue weighted by molar-refractivity contribution is 7.92. The van der Waals surface area contributed by atoms with E-state index < -0.39 is 20.6 Å². The zero-order chi connectivity index (χ0) is 14.8. The Morgan fingerprint density at radius 3 is 2.47 bits per heavy atom. The Morgan fingerprint density at radius 1 is 1.42 bits per heavy atom. The van der Waals surface area contributed by atoms with Gasteiger partial charge in [-0.15, -0.1) is 0 Å². The lowest BCUT2D eigenvalue weighted by molar-refractivity contribution is 0.0690. The summed E-state index contributed by atoms with van der Waals surface area (Å²) in [4.78, 5) is 18.7. The van der Waals surface area contributed by atoms with Crippen LogP contribution in [0.15, 0.2) is 6.07 Å². The van der Waals surface area contributed by atoms with E-state index in [9.17, 15) is 13.2 Å². The van der Waals surface area contributed by atoms with Gasteiger partial charge in [0.1, 0.15) is 0 Å². The van der Waals surface area contributed by atoms with Gasteiger partial charge in [0.05, 0.1) is 4.75 Å². The molecule has 0 saturated carbocycles. The van der Waals surface area contributed by atoms with Crippen molar-refractivity contribution in [2.24, 2.45) is 0 Å². The number of sulfone groups is 1. The van der Waals surface area contributed by atoms with E-state index in [1.807, 2.05) is 0 Å². The number of carboxylic acids is 1. The highest BCUT2D eigenvalue weighted by atomic mass is 32.2. The maximum Gasteiger partial charge on any atom is 0.354 e. The molecule has 0 bridgehead atoms. The summed E-state index contributed by atoms with van der Waals surface area (Å²) >= 11 is 0. The third-order valence-electron chi connectivity index (χ3n) is 2.75. The minimum Gasteiger partial charge on any atom is -0.477 e. The molecule has 106 valence electrons. The minimum absolute atomic E-state index is 0.0916. The van der Waals surface area contributed by atoms with Crippen LogP contribution in [-0.2, 0) is 9.84 Å². The van der Waals surface area contributed by atoms with Crippen LogP contribution in [0.2, 0.25) is 0 Å². The van der Waals surface area contributed by atoms with Crippen molar-refractivity contribution in [3.05, 3.63) is 17.5 Å². The third kappa shape index (κ3) is 3.88. The topological polar surface area (TPSA) is 109 Å². The number of rotatable bonds is 5. The molecule has 0 fully saturated rings. The molecule has 0 aromatic carbocycles. The third-order valence-corrected chi connectivity index (χ3v) is 4.90. The number of hydrogen-bond acceptors (Lipinski definition) is 6. The van der Waals surface area contributed by atoms with Crippen molar-refractivity contribution in [2.45, 2.75) is 25.5 Å². The van der Waals surface area contributed by atoms with E-state index in [4.69, 9.17) is 5.11 Å². The molecule has 0 amide bonds. The number of anilines is 1. The molecule has 19 heavy (non-hydrogen) atoms. The Labute approximate surface area is 112 Å². The smallest absolute Gasteiger partial charge is 0.354 e. The van der Waals surface area contributed by atoms with Gasteiger partial charge in [-0.1, -0.05) is 0 Å². The molecule has 0 atom stereocenters. The van der Waals surface area contributed by atoms with Gasteiger partial charge in [-0.3, -0.25) is 0 Å². The quantitative estimate of drug-likeness (QED) is 0.821. The monoisotopic (exact) mass is 287 g/mol. The number of aryl methyl sites for hydroxylation is 1. The van der Waals surface area contributed by atoms with Crippen molar-refractivity contribution < 1.29 is 18.3 Å². The van der Waals surface area contributed by atoms with Gasteiger partial charge in [-0.05, 0) is 26.8 Å². The summed E-state index contributed by atoms with van der Waals surface area (Å²) in [6.07, 6.45) is 1.15. The SMILES string of the molecule is Cc1cc(C(=O)O)nc(NCC(C)(C)S(C)(=O)=O)n1. The number of aromatic nitrogens is 2. The summed E-state index contributed by atoms with van der Waals surface area (Å²) in [5.41, 5.74) is 0.360. The number of nitrogens with one attached hydrogen (secondary N) is 1. The predicted octanol–water partition coefficient (Wildman–Crippen LogP) is 0.718. The lowest BCUT2D eigenvalue weighted by Crippen LogP contribution is -2.38. The number of hydrogen-bond donors (Lipinski definition) is 2. The molecule has 0 radical (unpaired) electrons. The second kappa shape index (κ2) is 5.12. The molecule has 0 spiro atoms. The molecule has 0 saturated heterocycles. The molecule has 0 aliphatic heterocycles. The Kier molecular flexibility index (Phi) is 4.14. The van der Waals surface area contributed by atoms with Crippen LogP contribution in [0.4, 0.5) is 5.95 Å². The standard InChI is InChI=1S/C11H17N3O4S/c1-7-5-8(9(15)16)14-10(13-7)12-6-11(2,3)19(4,17)18/h5H,6H2,1-4H3,(H,15,16)(H,12,13,14). The van der Waals surface area contributed by atoms with E-state index in [2.05, 4.69) is 15.3 Å². The molecule has 1 heterocycles. The molecule has 1 rings (SSSR count). The van der Waals surface area contributed by atoms with E-state index >= 15 is 0 Å². The fraction of sp³-hybridized carbons (Fsp3) is 0.545. The van der Waals surface area contributed by atoms with E-state index in [1.165, 1.54) is 6.07 Å². The van der Waals surface area contributed by atoms with E-state index in [0.29, 0.717) is 5.69 Å². The number of carboxylic acid groups (broad SMARTS) is 1. The highest BCUT2D eigenvalue weighted by Crippen LogP contribution is 2.15. The minimum atomic E-state index is -3.24. The van der Waals surface area contributed by atoms with Crippen molar-refractivity contribution in [1.29, 1.82) is 0 Å². The van der Waals surface area contributed by atoms with Crippen LogP contribution < -0.4 is 5.32 Å². The molecular formula is C11H17N3O4S. The molecule has 8 heteroatoms. The van der Waals surface area contributed by atoms with Gasteiger partial charge in [0.2, 0.25) is 5.95 Å². The lowest BCUT2D eigenvalue weighted by Gasteiger charge is -2.22. The van der Waals surface area contributed by atoms with Crippen LogP contribution in [0, 0.1) is 6.92 Å². The van der Waals surface area contributed by atoms with Gasteiger partial charge in [-0.2, -0.15) is 0 Å². The highest BCUT2D eigenvalue weighted by Gasteiger charge is 2.30. The van der Waals surface area contributed by atoms with Crippen LogP contribution >= 0.6 is 0 Å². The fourth-order valence-corrected chi connectivity index (χ4v) is 1.51.